The van der Waals surface area contributed by atoms with E-state index in [1.54, 1.807) is 0 Å². The van der Waals surface area contributed by atoms with Crippen LogP contribution in [0.3, 0.4) is 0 Å². The fourth-order valence-electron chi connectivity index (χ4n) is 4.63. The first-order valence-corrected chi connectivity index (χ1v) is 20.4. The summed E-state index contributed by atoms with van der Waals surface area (Å²) in [5.41, 5.74) is 0. The third-order valence-electron chi connectivity index (χ3n) is 7.43. The molecule has 1 atom stereocenters. The molecule has 0 bridgehead atoms. The maximum absolute atomic E-state index is 12.4. The minimum atomic E-state index is -4.77. The molecule has 0 aliphatic rings. The van der Waals surface area contributed by atoms with Crippen LogP contribution in [0.25, 0.3) is 0 Å². The number of rotatable bonds is 33. The van der Waals surface area contributed by atoms with Crippen molar-refractivity contribution in [3.8, 4) is 0 Å². The molecule has 50 heavy (non-hydrogen) atoms. The molecule has 0 aromatic carbocycles. The van der Waals surface area contributed by atoms with E-state index < -0.39 is 32.5 Å². The van der Waals surface area contributed by atoms with Crippen molar-refractivity contribution in [2.75, 3.05) is 13.2 Å². The van der Waals surface area contributed by atoms with Crippen LogP contribution in [-0.4, -0.2) is 41.0 Å². The van der Waals surface area contributed by atoms with Crippen LogP contribution in [0.2, 0.25) is 0 Å². The van der Waals surface area contributed by atoms with Gasteiger partial charge in [-0.1, -0.05) is 137 Å². The number of esters is 2. The first-order chi connectivity index (χ1) is 24.3. The van der Waals surface area contributed by atoms with Crippen LogP contribution in [0.4, 0.5) is 0 Å². The second kappa shape index (κ2) is 36.0. The lowest BCUT2D eigenvalue weighted by molar-refractivity contribution is -0.161. The Bertz CT molecular complexity index is 1080. The molecule has 0 saturated carbocycles. The van der Waals surface area contributed by atoms with Gasteiger partial charge in [-0.3, -0.25) is 14.1 Å². The summed E-state index contributed by atoms with van der Waals surface area (Å²) in [7, 11) is -4.77. The number of allylic oxidation sites excluding steroid dienone is 14. The molecular formula is C41H67O8P. The minimum Gasteiger partial charge on any atom is -0.462 e. The molecule has 0 aromatic heterocycles. The molecule has 0 radical (unpaired) electrons. The zero-order valence-corrected chi connectivity index (χ0v) is 31.9. The van der Waals surface area contributed by atoms with Gasteiger partial charge in [0.1, 0.15) is 6.61 Å². The molecule has 0 aliphatic carbocycles. The lowest BCUT2D eigenvalue weighted by Crippen LogP contribution is -2.29. The Morgan fingerprint density at radius 1 is 0.560 bits per heavy atom. The topological polar surface area (TPSA) is 119 Å². The number of unbranched alkanes of at least 4 members (excludes halogenated alkanes) is 10. The lowest BCUT2D eigenvalue weighted by Gasteiger charge is -2.18. The standard InChI is InChI=1S/C41H67O8P/c1-3-5-7-9-11-13-15-17-19-20-22-23-25-27-29-31-33-35-40(42)47-37-39(38-48-50(44,45)46)49-41(43)36-34-32-30-28-26-24-21-18-16-14-12-10-8-6-4-2/h5,7,11,13-14,16-19,21-23,27,29,39H,3-4,6,8-10,12,15,20,24-26,28,30-38H2,1-2H3,(H2,44,45,46)/b7-5+,13-11+,16-14+,19-17+,21-18+,23-22+,29-27+/t39-/m1/s1. The smallest absolute Gasteiger partial charge is 0.462 e. The normalized spacial score (nSPS) is 13.4. The first kappa shape index (κ1) is 47.2. The fourth-order valence-corrected chi connectivity index (χ4v) is 4.99. The van der Waals surface area contributed by atoms with Crippen LogP contribution in [0.1, 0.15) is 142 Å². The second-order valence-corrected chi connectivity index (χ2v) is 13.4. The number of phosphoric ester groups is 1. The maximum Gasteiger partial charge on any atom is 0.469 e. The number of hydrogen-bond donors (Lipinski definition) is 2. The molecule has 0 spiro atoms. The summed E-state index contributed by atoms with van der Waals surface area (Å²) in [6.45, 7) is 3.46. The summed E-state index contributed by atoms with van der Waals surface area (Å²) < 4.78 is 26.2. The summed E-state index contributed by atoms with van der Waals surface area (Å²) in [6.07, 6.45) is 47.3. The van der Waals surface area contributed by atoms with Crippen LogP contribution in [0, 0.1) is 0 Å². The average Bonchev–Trinajstić information content (AvgIpc) is 3.08. The molecule has 0 amide bonds. The van der Waals surface area contributed by atoms with Crippen LogP contribution < -0.4 is 0 Å². The van der Waals surface area contributed by atoms with Gasteiger partial charge < -0.3 is 19.3 Å². The molecule has 0 fully saturated rings. The van der Waals surface area contributed by atoms with E-state index in [9.17, 15) is 14.2 Å². The van der Waals surface area contributed by atoms with E-state index in [2.05, 4.69) is 97.4 Å². The number of hydrogen-bond acceptors (Lipinski definition) is 6. The summed E-state index contributed by atoms with van der Waals surface area (Å²) in [6, 6.07) is 0. The lowest BCUT2D eigenvalue weighted by atomic mass is 10.1. The van der Waals surface area contributed by atoms with Crippen LogP contribution in [0.15, 0.2) is 85.1 Å². The van der Waals surface area contributed by atoms with Crippen molar-refractivity contribution in [2.24, 2.45) is 0 Å². The highest BCUT2D eigenvalue weighted by molar-refractivity contribution is 7.46. The third-order valence-corrected chi connectivity index (χ3v) is 7.91. The SMILES string of the molecule is CC/C=C/C/C=C/C/C=C/C/C=C/C/C=C/CCCC(=O)OC[C@H](COP(=O)(O)O)OC(=O)CCCCCCC/C=C/C=C/CCCCCC. The second-order valence-electron chi connectivity index (χ2n) is 12.2. The molecule has 0 aliphatic heterocycles. The predicted octanol–water partition coefficient (Wildman–Crippen LogP) is 11.3. The summed E-state index contributed by atoms with van der Waals surface area (Å²) in [5, 5.41) is 0. The predicted molar refractivity (Wildman–Crippen MR) is 207 cm³/mol. The van der Waals surface area contributed by atoms with Crippen LogP contribution in [-0.2, 0) is 28.2 Å². The monoisotopic (exact) mass is 718 g/mol. The molecule has 0 rings (SSSR count). The van der Waals surface area contributed by atoms with Gasteiger partial charge >= 0.3 is 19.8 Å². The molecule has 8 nitrogen and oxygen atoms in total. The third kappa shape index (κ3) is 38.0. The van der Waals surface area contributed by atoms with Crippen molar-refractivity contribution in [3.05, 3.63) is 85.1 Å². The summed E-state index contributed by atoms with van der Waals surface area (Å²) in [4.78, 5) is 42.7. The van der Waals surface area contributed by atoms with Crippen molar-refractivity contribution in [3.63, 3.8) is 0 Å². The van der Waals surface area contributed by atoms with Gasteiger partial charge in [-0.05, 0) is 77.0 Å². The molecule has 2 N–H and O–H groups in total. The summed E-state index contributed by atoms with van der Waals surface area (Å²) in [5.74, 6) is -0.981. The van der Waals surface area contributed by atoms with Gasteiger partial charge in [0.15, 0.2) is 6.10 Å². The molecule has 0 unspecified atom stereocenters. The van der Waals surface area contributed by atoms with Crippen molar-refractivity contribution < 1.29 is 37.9 Å². The van der Waals surface area contributed by atoms with E-state index in [0.717, 1.165) is 77.0 Å². The van der Waals surface area contributed by atoms with Crippen LogP contribution >= 0.6 is 7.82 Å². The van der Waals surface area contributed by atoms with E-state index in [0.29, 0.717) is 12.8 Å². The number of carbonyl (C=O) groups is 2. The Morgan fingerprint density at radius 3 is 1.60 bits per heavy atom. The maximum atomic E-state index is 12.4. The molecular weight excluding hydrogens is 651 g/mol. The molecule has 0 heterocycles. The molecule has 9 heteroatoms. The Morgan fingerprint density at radius 2 is 1.04 bits per heavy atom. The Balaban J connectivity index is 4.13. The van der Waals surface area contributed by atoms with E-state index in [1.807, 2.05) is 6.08 Å². The van der Waals surface area contributed by atoms with Crippen molar-refractivity contribution in [1.29, 1.82) is 0 Å². The number of phosphoric acid groups is 1. The number of carbonyl (C=O) groups excluding carboxylic acids is 2. The Kier molecular flexibility index (Phi) is 34.0. The average molecular weight is 719 g/mol. The minimum absolute atomic E-state index is 0.177. The molecule has 0 saturated heterocycles. The highest BCUT2D eigenvalue weighted by Crippen LogP contribution is 2.35. The fraction of sp³-hybridized carbons (Fsp3) is 0.610. The van der Waals surface area contributed by atoms with Gasteiger partial charge in [0.2, 0.25) is 0 Å². The van der Waals surface area contributed by atoms with Gasteiger partial charge in [0, 0.05) is 12.8 Å². The largest absolute Gasteiger partial charge is 0.469 e. The van der Waals surface area contributed by atoms with Gasteiger partial charge in [-0.15, -0.1) is 0 Å². The number of ether oxygens (including phenoxy) is 2. The zero-order valence-electron chi connectivity index (χ0n) is 31.0. The molecule has 0 aromatic rings. The van der Waals surface area contributed by atoms with Crippen LogP contribution in [0.5, 0.6) is 0 Å². The Hall–Kier alpha value is -2.77. The van der Waals surface area contributed by atoms with Gasteiger partial charge in [0.25, 0.3) is 0 Å². The van der Waals surface area contributed by atoms with Gasteiger partial charge in [-0.25, -0.2) is 4.57 Å². The van der Waals surface area contributed by atoms with Gasteiger partial charge in [0.05, 0.1) is 6.61 Å². The highest BCUT2D eigenvalue weighted by Gasteiger charge is 2.22. The quantitative estimate of drug-likeness (QED) is 0.0226. The van der Waals surface area contributed by atoms with Gasteiger partial charge in [-0.2, -0.15) is 0 Å². The van der Waals surface area contributed by atoms with Crippen molar-refractivity contribution in [2.45, 2.75) is 148 Å². The van der Waals surface area contributed by atoms with E-state index >= 15 is 0 Å². The van der Waals surface area contributed by atoms with E-state index in [4.69, 9.17) is 19.3 Å². The van der Waals surface area contributed by atoms with E-state index in [-0.39, 0.29) is 19.4 Å². The van der Waals surface area contributed by atoms with Crippen molar-refractivity contribution >= 4 is 19.8 Å². The first-order valence-electron chi connectivity index (χ1n) is 18.9. The Labute approximate surface area is 303 Å². The van der Waals surface area contributed by atoms with E-state index in [1.165, 1.54) is 25.7 Å². The van der Waals surface area contributed by atoms with Crippen molar-refractivity contribution in [1.82, 2.24) is 0 Å². The summed E-state index contributed by atoms with van der Waals surface area (Å²) >= 11 is 0. The highest BCUT2D eigenvalue weighted by atomic mass is 31.2. The zero-order chi connectivity index (χ0) is 36.8. The molecule has 284 valence electrons.